The number of carbonyl (C=O) groups excluding carboxylic acids is 1. The average molecular weight is 318 g/mol. The van der Waals surface area contributed by atoms with E-state index in [2.05, 4.69) is 10.3 Å². The number of carbonyl (C=O) groups is 1. The first-order valence-corrected chi connectivity index (χ1v) is 8.33. The lowest BCUT2D eigenvalue weighted by atomic mass is 9.93. The summed E-state index contributed by atoms with van der Waals surface area (Å²) in [5.74, 6) is 0.0825. The molecule has 2 aromatic rings. The van der Waals surface area contributed by atoms with E-state index in [1.165, 1.54) is 0 Å². The quantitative estimate of drug-likeness (QED) is 0.825. The fourth-order valence-corrected chi connectivity index (χ4v) is 3.04. The van der Waals surface area contributed by atoms with Gasteiger partial charge in [-0.05, 0) is 25.8 Å². The molecule has 0 aliphatic heterocycles. The second kappa shape index (κ2) is 8.06. The summed E-state index contributed by atoms with van der Waals surface area (Å²) >= 11 is 1.55. The fourth-order valence-electron chi connectivity index (χ4n) is 2.43. The number of hydrogen-bond donors (Lipinski definition) is 2. The Kier molecular flexibility index (Phi) is 6.10. The molecule has 2 atom stereocenters. The largest absolute Gasteiger partial charge is 0.393 e. The monoisotopic (exact) mass is 318 g/mol. The Morgan fingerprint density at radius 3 is 2.68 bits per heavy atom. The summed E-state index contributed by atoms with van der Waals surface area (Å²) in [5, 5.41) is 15.5. The van der Waals surface area contributed by atoms with Gasteiger partial charge in [-0.3, -0.25) is 4.79 Å². The van der Waals surface area contributed by atoms with Gasteiger partial charge in [-0.1, -0.05) is 30.3 Å². The molecule has 1 heterocycles. The minimum Gasteiger partial charge on any atom is -0.393 e. The number of aliphatic hydroxyl groups excluding tert-OH is 1. The molecule has 0 aliphatic rings. The summed E-state index contributed by atoms with van der Waals surface area (Å²) < 4.78 is 0. The number of hydrogen-bond acceptors (Lipinski definition) is 4. The maximum atomic E-state index is 12.0. The molecule has 2 unspecified atom stereocenters. The van der Waals surface area contributed by atoms with Gasteiger partial charge in [-0.2, -0.15) is 0 Å². The third-order valence-electron chi connectivity index (χ3n) is 3.45. The van der Waals surface area contributed by atoms with Gasteiger partial charge in [0.2, 0.25) is 5.91 Å². The van der Waals surface area contributed by atoms with Gasteiger partial charge in [0, 0.05) is 17.8 Å². The number of aromatic nitrogens is 1. The molecule has 0 saturated heterocycles. The van der Waals surface area contributed by atoms with Crippen molar-refractivity contribution in [2.75, 3.05) is 6.54 Å². The van der Waals surface area contributed by atoms with Crippen LogP contribution in [0.5, 0.6) is 0 Å². The summed E-state index contributed by atoms with van der Waals surface area (Å²) in [6.07, 6.45) is 0.531. The molecule has 1 aromatic carbocycles. The van der Waals surface area contributed by atoms with E-state index in [0.717, 1.165) is 16.3 Å². The highest BCUT2D eigenvalue weighted by atomic mass is 32.1. The van der Waals surface area contributed by atoms with E-state index in [1.54, 1.807) is 18.3 Å². The van der Waals surface area contributed by atoms with E-state index in [4.69, 9.17) is 0 Å². The van der Waals surface area contributed by atoms with Crippen LogP contribution in [0.4, 0.5) is 0 Å². The number of benzene rings is 1. The summed E-state index contributed by atoms with van der Waals surface area (Å²) in [7, 11) is 0. The molecule has 2 rings (SSSR count). The number of thiazole rings is 1. The summed E-state index contributed by atoms with van der Waals surface area (Å²) in [6, 6.07) is 9.98. The van der Waals surface area contributed by atoms with E-state index in [0.29, 0.717) is 19.4 Å². The van der Waals surface area contributed by atoms with Crippen LogP contribution in [0.1, 0.15) is 35.5 Å². The molecular formula is C17H22N2O2S. The molecule has 0 radical (unpaired) electrons. The minimum atomic E-state index is -0.400. The van der Waals surface area contributed by atoms with Crippen molar-refractivity contribution >= 4 is 17.2 Å². The maximum Gasteiger partial charge on any atom is 0.226 e. The van der Waals surface area contributed by atoms with Crippen molar-refractivity contribution in [2.24, 2.45) is 0 Å². The second-order valence-corrected chi connectivity index (χ2v) is 6.59. The standard InChI is InChI=1S/C17H22N2O2S/c1-12(20)8-15(14-6-4-3-5-7-14)10-18-17(21)9-16-11-22-13(2)19-16/h3-7,11-12,15,20H,8-10H2,1-2H3,(H,18,21). The zero-order valence-corrected chi connectivity index (χ0v) is 13.8. The number of rotatable bonds is 7. The number of amides is 1. The van der Waals surface area contributed by atoms with E-state index in [-0.39, 0.29) is 11.8 Å². The van der Waals surface area contributed by atoms with E-state index < -0.39 is 6.10 Å². The molecule has 22 heavy (non-hydrogen) atoms. The number of nitrogens with zero attached hydrogens (tertiary/aromatic N) is 1. The first-order valence-electron chi connectivity index (χ1n) is 7.45. The smallest absolute Gasteiger partial charge is 0.226 e. The SMILES string of the molecule is Cc1nc(CC(=O)NCC(CC(C)O)c2ccccc2)cs1. The van der Waals surface area contributed by atoms with E-state index in [1.807, 2.05) is 42.6 Å². The predicted molar refractivity (Wildman–Crippen MR) is 89.0 cm³/mol. The summed E-state index contributed by atoms with van der Waals surface area (Å²) in [5.41, 5.74) is 1.94. The molecule has 0 fully saturated rings. The minimum absolute atomic E-state index is 0.0307. The molecule has 0 bridgehead atoms. The number of aryl methyl sites for hydroxylation is 1. The van der Waals surface area contributed by atoms with Gasteiger partial charge in [-0.25, -0.2) is 4.98 Å². The van der Waals surface area contributed by atoms with Crippen LogP contribution in [0.2, 0.25) is 0 Å². The highest BCUT2D eigenvalue weighted by Crippen LogP contribution is 2.20. The van der Waals surface area contributed by atoms with Crippen LogP contribution in [-0.2, 0) is 11.2 Å². The molecule has 2 N–H and O–H groups in total. The Labute approximate surface area is 135 Å². The van der Waals surface area contributed by atoms with Gasteiger partial charge >= 0.3 is 0 Å². The lowest BCUT2D eigenvalue weighted by Crippen LogP contribution is -2.31. The fraction of sp³-hybridized carbons (Fsp3) is 0.412. The zero-order chi connectivity index (χ0) is 15.9. The first-order chi connectivity index (χ1) is 10.5. The van der Waals surface area contributed by atoms with Crippen molar-refractivity contribution in [1.82, 2.24) is 10.3 Å². The van der Waals surface area contributed by atoms with Crippen molar-refractivity contribution in [3.05, 3.63) is 52.0 Å². The van der Waals surface area contributed by atoms with Gasteiger partial charge in [-0.15, -0.1) is 11.3 Å². The predicted octanol–water partition coefficient (Wildman–Crippen LogP) is 2.66. The molecule has 4 nitrogen and oxygen atoms in total. The van der Waals surface area contributed by atoms with Crippen LogP contribution in [-0.4, -0.2) is 28.6 Å². The normalized spacial score (nSPS) is 13.6. The van der Waals surface area contributed by atoms with Crippen LogP contribution in [0, 0.1) is 6.92 Å². The van der Waals surface area contributed by atoms with Crippen LogP contribution >= 0.6 is 11.3 Å². The molecule has 5 heteroatoms. The number of aliphatic hydroxyl groups is 1. The lowest BCUT2D eigenvalue weighted by Gasteiger charge is -2.19. The highest BCUT2D eigenvalue weighted by Gasteiger charge is 2.15. The molecule has 0 aliphatic carbocycles. The first kappa shape index (κ1) is 16.6. The van der Waals surface area contributed by atoms with Crippen LogP contribution in [0.25, 0.3) is 0 Å². The zero-order valence-electron chi connectivity index (χ0n) is 13.0. The van der Waals surface area contributed by atoms with Crippen molar-refractivity contribution in [3.63, 3.8) is 0 Å². The van der Waals surface area contributed by atoms with E-state index in [9.17, 15) is 9.90 Å². The molecule has 0 spiro atoms. The molecule has 1 amide bonds. The Balaban J connectivity index is 1.91. The van der Waals surface area contributed by atoms with Crippen molar-refractivity contribution in [1.29, 1.82) is 0 Å². The Bertz CT molecular complexity index is 596. The van der Waals surface area contributed by atoms with Gasteiger partial charge in [0.25, 0.3) is 0 Å². The number of nitrogens with one attached hydrogen (secondary N) is 1. The third kappa shape index (κ3) is 5.24. The van der Waals surface area contributed by atoms with E-state index >= 15 is 0 Å². The Morgan fingerprint density at radius 1 is 1.36 bits per heavy atom. The lowest BCUT2D eigenvalue weighted by molar-refractivity contribution is -0.120. The average Bonchev–Trinajstić information content (AvgIpc) is 2.89. The summed E-state index contributed by atoms with van der Waals surface area (Å²) in [4.78, 5) is 16.3. The molecular weight excluding hydrogens is 296 g/mol. The van der Waals surface area contributed by atoms with Crippen molar-refractivity contribution in [3.8, 4) is 0 Å². The van der Waals surface area contributed by atoms with Crippen molar-refractivity contribution < 1.29 is 9.90 Å². The van der Waals surface area contributed by atoms with Crippen LogP contribution in [0.3, 0.4) is 0 Å². The summed E-state index contributed by atoms with van der Waals surface area (Å²) in [6.45, 7) is 4.23. The van der Waals surface area contributed by atoms with Crippen LogP contribution in [0.15, 0.2) is 35.7 Å². The van der Waals surface area contributed by atoms with Crippen molar-refractivity contribution in [2.45, 2.75) is 38.7 Å². The van der Waals surface area contributed by atoms with Gasteiger partial charge in [0.05, 0.1) is 23.2 Å². The molecule has 1 aromatic heterocycles. The maximum absolute atomic E-state index is 12.0. The van der Waals surface area contributed by atoms with Gasteiger partial charge < -0.3 is 10.4 Å². The molecule has 0 saturated carbocycles. The highest BCUT2D eigenvalue weighted by molar-refractivity contribution is 7.09. The third-order valence-corrected chi connectivity index (χ3v) is 4.27. The van der Waals surface area contributed by atoms with Crippen LogP contribution < -0.4 is 5.32 Å². The second-order valence-electron chi connectivity index (χ2n) is 5.53. The van der Waals surface area contributed by atoms with Gasteiger partial charge in [0.15, 0.2) is 0 Å². The van der Waals surface area contributed by atoms with Gasteiger partial charge in [0.1, 0.15) is 0 Å². The molecule has 118 valence electrons. The topological polar surface area (TPSA) is 62.2 Å². The Morgan fingerprint density at radius 2 is 2.09 bits per heavy atom. The Hall–Kier alpha value is -1.72.